The molecule has 0 amide bonds. The number of ether oxygens (including phenoxy) is 1. The zero-order chi connectivity index (χ0) is 10.7. The molecule has 0 aliphatic carbocycles. The second kappa shape index (κ2) is 4.61. The van der Waals surface area contributed by atoms with E-state index in [2.05, 4.69) is 0 Å². The van der Waals surface area contributed by atoms with E-state index in [1.165, 1.54) is 0 Å². The van der Waals surface area contributed by atoms with Crippen LogP contribution in [0.5, 0.6) is 0 Å². The molecular weight excluding hydrogens is 210 g/mol. The molecule has 0 bridgehead atoms. The summed E-state index contributed by atoms with van der Waals surface area (Å²) < 4.78 is 5.46. The van der Waals surface area contributed by atoms with Crippen LogP contribution in [0.2, 0.25) is 0 Å². The molecule has 4 heteroatoms. The summed E-state index contributed by atoms with van der Waals surface area (Å²) in [4.78, 5) is 0. The van der Waals surface area contributed by atoms with E-state index in [1.54, 1.807) is 11.3 Å². The summed E-state index contributed by atoms with van der Waals surface area (Å²) in [6.45, 7) is 1.84. The van der Waals surface area contributed by atoms with E-state index in [4.69, 9.17) is 10.5 Å². The van der Waals surface area contributed by atoms with E-state index in [1.807, 2.05) is 16.8 Å². The molecule has 1 aromatic heterocycles. The minimum atomic E-state index is -0.492. The fourth-order valence-corrected chi connectivity index (χ4v) is 2.83. The van der Waals surface area contributed by atoms with Crippen molar-refractivity contribution >= 4 is 11.3 Å². The Morgan fingerprint density at radius 3 is 3.07 bits per heavy atom. The molecule has 2 heterocycles. The van der Waals surface area contributed by atoms with E-state index in [9.17, 15) is 5.11 Å². The molecule has 1 aromatic rings. The number of nitrogens with two attached hydrogens (primary N) is 1. The van der Waals surface area contributed by atoms with Gasteiger partial charge >= 0.3 is 0 Å². The molecule has 1 fully saturated rings. The first-order valence-corrected chi connectivity index (χ1v) is 6.21. The summed E-state index contributed by atoms with van der Waals surface area (Å²) in [6.07, 6.45) is 1.44. The standard InChI is InChI=1S/C11H17NO2S/c12-7-11(3-1-4-14-8-11)10(13)9-2-5-15-6-9/h2,5-6,10,13H,1,3-4,7-8,12H2. The van der Waals surface area contributed by atoms with Crippen molar-refractivity contribution in [3.8, 4) is 0 Å². The van der Waals surface area contributed by atoms with Crippen LogP contribution in [0.25, 0.3) is 0 Å². The number of rotatable bonds is 3. The molecule has 2 unspecified atom stereocenters. The molecule has 84 valence electrons. The van der Waals surface area contributed by atoms with Crippen LogP contribution in [0.1, 0.15) is 24.5 Å². The lowest BCUT2D eigenvalue weighted by atomic mass is 9.75. The van der Waals surface area contributed by atoms with Crippen LogP contribution >= 0.6 is 11.3 Å². The zero-order valence-corrected chi connectivity index (χ0v) is 9.50. The molecule has 0 radical (unpaired) electrons. The van der Waals surface area contributed by atoms with Crippen LogP contribution in [-0.4, -0.2) is 24.9 Å². The molecule has 1 saturated heterocycles. The Morgan fingerprint density at radius 2 is 2.53 bits per heavy atom. The van der Waals surface area contributed by atoms with Gasteiger partial charge in [0.05, 0.1) is 12.7 Å². The molecule has 0 saturated carbocycles. The van der Waals surface area contributed by atoms with E-state index < -0.39 is 6.10 Å². The van der Waals surface area contributed by atoms with Crippen LogP contribution in [0, 0.1) is 5.41 Å². The quantitative estimate of drug-likeness (QED) is 0.823. The monoisotopic (exact) mass is 227 g/mol. The lowest BCUT2D eigenvalue weighted by molar-refractivity contribution is -0.0780. The highest BCUT2D eigenvalue weighted by atomic mass is 32.1. The number of aliphatic hydroxyl groups is 1. The van der Waals surface area contributed by atoms with Gasteiger partial charge < -0.3 is 15.6 Å². The highest BCUT2D eigenvalue weighted by Crippen LogP contribution is 2.40. The molecule has 1 aliphatic heterocycles. The van der Waals surface area contributed by atoms with Gasteiger partial charge in [0.15, 0.2) is 0 Å². The molecule has 0 aromatic carbocycles. The van der Waals surface area contributed by atoms with Crippen molar-refractivity contribution in [2.75, 3.05) is 19.8 Å². The summed E-state index contributed by atoms with van der Waals surface area (Å²) in [7, 11) is 0. The molecule has 3 nitrogen and oxygen atoms in total. The summed E-state index contributed by atoms with van der Waals surface area (Å²) in [5.74, 6) is 0. The van der Waals surface area contributed by atoms with Crippen LogP contribution in [0.15, 0.2) is 16.8 Å². The third-order valence-electron chi connectivity index (χ3n) is 3.20. The van der Waals surface area contributed by atoms with Gasteiger partial charge in [0.25, 0.3) is 0 Å². The molecule has 0 spiro atoms. The first kappa shape index (κ1) is 11.1. The van der Waals surface area contributed by atoms with Crippen molar-refractivity contribution in [3.63, 3.8) is 0 Å². The average molecular weight is 227 g/mol. The number of aliphatic hydroxyl groups excluding tert-OH is 1. The molecule has 2 atom stereocenters. The summed E-state index contributed by atoms with van der Waals surface area (Å²) in [5.41, 5.74) is 6.50. The van der Waals surface area contributed by atoms with E-state index >= 15 is 0 Å². The smallest absolute Gasteiger partial charge is 0.0888 e. The molecular formula is C11H17NO2S. The zero-order valence-electron chi connectivity index (χ0n) is 8.69. The molecule has 3 N–H and O–H groups in total. The predicted molar refractivity (Wildman–Crippen MR) is 60.8 cm³/mol. The maximum Gasteiger partial charge on any atom is 0.0888 e. The largest absolute Gasteiger partial charge is 0.388 e. The SMILES string of the molecule is NCC1(C(O)c2ccsc2)CCCOC1. The topological polar surface area (TPSA) is 55.5 Å². The number of hydrogen-bond acceptors (Lipinski definition) is 4. The Labute approximate surface area is 93.9 Å². The van der Waals surface area contributed by atoms with Crippen molar-refractivity contribution in [1.29, 1.82) is 0 Å². The Balaban J connectivity index is 2.18. The van der Waals surface area contributed by atoms with Crippen molar-refractivity contribution in [3.05, 3.63) is 22.4 Å². The van der Waals surface area contributed by atoms with Crippen molar-refractivity contribution in [1.82, 2.24) is 0 Å². The van der Waals surface area contributed by atoms with Crippen molar-refractivity contribution < 1.29 is 9.84 Å². The third kappa shape index (κ3) is 2.08. The first-order chi connectivity index (χ1) is 7.28. The Morgan fingerprint density at radius 1 is 1.67 bits per heavy atom. The minimum Gasteiger partial charge on any atom is -0.388 e. The van der Waals surface area contributed by atoms with Crippen molar-refractivity contribution in [2.45, 2.75) is 18.9 Å². The third-order valence-corrected chi connectivity index (χ3v) is 3.90. The first-order valence-electron chi connectivity index (χ1n) is 5.26. The average Bonchev–Trinajstić information content (AvgIpc) is 2.82. The lowest BCUT2D eigenvalue weighted by Crippen LogP contribution is -2.43. The van der Waals surface area contributed by atoms with Gasteiger partial charge in [0.2, 0.25) is 0 Å². The number of hydrogen-bond donors (Lipinski definition) is 2. The molecule has 2 rings (SSSR count). The van der Waals surface area contributed by atoms with Gasteiger partial charge in [-0.05, 0) is 35.2 Å². The lowest BCUT2D eigenvalue weighted by Gasteiger charge is -2.39. The summed E-state index contributed by atoms with van der Waals surface area (Å²) in [5, 5.41) is 14.3. The van der Waals surface area contributed by atoms with Crippen LogP contribution < -0.4 is 5.73 Å². The summed E-state index contributed by atoms with van der Waals surface area (Å²) in [6, 6.07) is 1.96. The predicted octanol–water partition coefficient (Wildman–Crippen LogP) is 1.54. The van der Waals surface area contributed by atoms with E-state index in [0.717, 1.165) is 25.0 Å². The number of thiophene rings is 1. The highest BCUT2D eigenvalue weighted by Gasteiger charge is 2.39. The van der Waals surface area contributed by atoms with Gasteiger partial charge in [-0.15, -0.1) is 0 Å². The molecule has 1 aliphatic rings. The fraction of sp³-hybridized carbons (Fsp3) is 0.636. The van der Waals surface area contributed by atoms with Crippen molar-refractivity contribution in [2.24, 2.45) is 11.1 Å². The maximum absolute atomic E-state index is 10.3. The highest BCUT2D eigenvalue weighted by molar-refractivity contribution is 7.07. The van der Waals surface area contributed by atoms with E-state index in [0.29, 0.717) is 13.2 Å². The van der Waals surface area contributed by atoms with Crippen LogP contribution in [0.3, 0.4) is 0 Å². The van der Waals surface area contributed by atoms with Gasteiger partial charge in [0, 0.05) is 18.6 Å². The van der Waals surface area contributed by atoms with Crippen LogP contribution in [-0.2, 0) is 4.74 Å². The summed E-state index contributed by atoms with van der Waals surface area (Å²) >= 11 is 1.60. The van der Waals surface area contributed by atoms with E-state index in [-0.39, 0.29) is 5.41 Å². The van der Waals surface area contributed by atoms with Gasteiger partial charge in [-0.25, -0.2) is 0 Å². The van der Waals surface area contributed by atoms with Gasteiger partial charge in [-0.1, -0.05) is 0 Å². The normalized spacial score (nSPS) is 28.9. The van der Waals surface area contributed by atoms with Crippen LogP contribution in [0.4, 0.5) is 0 Å². The Kier molecular flexibility index (Phi) is 3.41. The Hall–Kier alpha value is -0.420. The van der Waals surface area contributed by atoms with Gasteiger partial charge in [-0.2, -0.15) is 11.3 Å². The van der Waals surface area contributed by atoms with Gasteiger partial charge in [0.1, 0.15) is 0 Å². The fourth-order valence-electron chi connectivity index (χ4n) is 2.15. The Bertz CT molecular complexity index is 294. The van der Waals surface area contributed by atoms with Gasteiger partial charge in [-0.3, -0.25) is 0 Å². The molecule has 15 heavy (non-hydrogen) atoms. The minimum absolute atomic E-state index is 0.278. The second-order valence-corrected chi connectivity index (χ2v) is 4.96. The second-order valence-electron chi connectivity index (χ2n) is 4.18. The maximum atomic E-state index is 10.3.